The maximum Gasteiger partial charge on any atom is 0.325 e. The first kappa shape index (κ1) is 18.4. The number of rotatable bonds is 3. The fourth-order valence-corrected chi connectivity index (χ4v) is 4.89. The van der Waals surface area contributed by atoms with Crippen LogP contribution in [0.2, 0.25) is 5.02 Å². The van der Waals surface area contributed by atoms with E-state index in [1.54, 1.807) is 36.4 Å². The molecule has 0 radical (unpaired) electrons. The summed E-state index contributed by atoms with van der Waals surface area (Å²) in [7, 11) is 2.19. The first-order valence-electron chi connectivity index (χ1n) is 8.50. The van der Waals surface area contributed by atoms with E-state index in [4.69, 9.17) is 21.1 Å². The molecule has 0 bridgehead atoms. The van der Waals surface area contributed by atoms with Crippen LogP contribution in [0.4, 0.5) is 0 Å². The van der Waals surface area contributed by atoms with Gasteiger partial charge in [0.05, 0.1) is 14.2 Å². The predicted octanol–water partition coefficient (Wildman–Crippen LogP) is 2.84. The number of ether oxygens (including phenoxy) is 2. The smallest absolute Gasteiger partial charge is 0.325 e. The van der Waals surface area contributed by atoms with E-state index in [9.17, 15) is 19.2 Å². The van der Waals surface area contributed by atoms with Gasteiger partial charge in [0.2, 0.25) is 0 Å². The summed E-state index contributed by atoms with van der Waals surface area (Å²) >= 11 is 6.32. The molecular weight excluding hydrogens is 384 g/mol. The molecule has 1 spiro atoms. The van der Waals surface area contributed by atoms with Crippen LogP contribution >= 0.6 is 11.6 Å². The van der Waals surface area contributed by atoms with Crippen LogP contribution in [-0.4, -0.2) is 37.7 Å². The molecule has 1 saturated carbocycles. The van der Waals surface area contributed by atoms with Crippen molar-refractivity contribution < 1.29 is 28.7 Å². The zero-order chi connectivity index (χ0) is 20.3. The number of fused-ring (bicyclic) bond motifs is 1. The van der Waals surface area contributed by atoms with Gasteiger partial charge in [-0.25, -0.2) is 0 Å². The Kier molecular flexibility index (Phi) is 3.94. The molecule has 0 N–H and O–H groups in total. The molecular formula is C21H15ClO6. The molecule has 4 rings (SSSR count). The maximum atomic E-state index is 13.5. The average molecular weight is 399 g/mol. The summed E-state index contributed by atoms with van der Waals surface area (Å²) in [6.45, 7) is 0. The van der Waals surface area contributed by atoms with Crippen LogP contribution in [0.5, 0.6) is 0 Å². The summed E-state index contributed by atoms with van der Waals surface area (Å²) in [6.07, 6.45) is 0. The van der Waals surface area contributed by atoms with Gasteiger partial charge in [0.1, 0.15) is 5.41 Å². The number of benzene rings is 2. The molecule has 2 aromatic rings. The zero-order valence-electron chi connectivity index (χ0n) is 15.0. The molecule has 0 heterocycles. The minimum Gasteiger partial charge on any atom is -0.468 e. The van der Waals surface area contributed by atoms with Crippen LogP contribution in [0.3, 0.4) is 0 Å². The third-order valence-corrected chi connectivity index (χ3v) is 6.11. The van der Waals surface area contributed by atoms with E-state index in [2.05, 4.69) is 0 Å². The van der Waals surface area contributed by atoms with Gasteiger partial charge in [-0.05, 0) is 11.6 Å². The Morgan fingerprint density at radius 2 is 1.32 bits per heavy atom. The van der Waals surface area contributed by atoms with Crippen molar-refractivity contribution in [2.45, 2.75) is 5.92 Å². The number of carbonyl (C=O) groups excluding carboxylic acids is 4. The van der Waals surface area contributed by atoms with Crippen LogP contribution in [0.15, 0.2) is 48.5 Å². The van der Waals surface area contributed by atoms with Crippen molar-refractivity contribution in [2.24, 2.45) is 10.8 Å². The van der Waals surface area contributed by atoms with Gasteiger partial charge < -0.3 is 9.47 Å². The fourth-order valence-electron chi connectivity index (χ4n) is 4.64. The molecule has 2 aromatic carbocycles. The van der Waals surface area contributed by atoms with Gasteiger partial charge >= 0.3 is 11.9 Å². The van der Waals surface area contributed by atoms with Gasteiger partial charge in [0.15, 0.2) is 17.0 Å². The normalized spacial score (nSPS) is 20.6. The SMILES string of the molecule is COC(=O)C1(C(=O)OC)[C@@H](c2ccccc2Cl)C12C(=O)c1ccccc1C2=O. The average Bonchev–Trinajstić information content (AvgIpc) is 3.31. The molecule has 0 aliphatic heterocycles. The number of hydrogen-bond donors (Lipinski definition) is 0. The number of carbonyl (C=O) groups is 4. The Morgan fingerprint density at radius 1 is 0.857 bits per heavy atom. The summed E-state index contributed by atoms with van der Waals surface area (Å²) in [5, 5.41) is 0.234. The molecule has 28 heavy (non-hydrogen) atoms. The molecule has 0 aromatic heterocycles. The Hall–Kier alpha value is -2.99. The van der Waals surface area contributed by atoms with Crippen LogP contribution in [-0.2, 0) is 19.1 Å². The Balaban J connectivity index is 2.06. The summed E-state index contributed by atoms with van der Waals surface area (Å²) in [4.78, 5) is 52.8. The maximum absolute atomic E-state index is 13.5. The van der Waals surface area contributed by atoms with Crippen LogP contribution < -0.4 is 0 Å². The number of Topliss-reactive ketones (excluding diaryl/α,β-unsaturated/α-hetero) is 2. The van der Waals surface area contributed by atoms with E-state index < -0.39 is 40.3 Å². The van der Waals surface area contributed by atoms with Crippen molar-refractivity contribution in [3.8, 4) is 0 Å². The topological polar surface area (TPSA) is 86.7 Å². The lowest BCUT2D eigenvalue weighted by molar-refractivity contribution is -0.162. The second kappa shape index (κ2) is 6.01. The summed E-state index contributed by atoms with van der Waals surface area (Å²) in [6, 6.07) is 12.7. The highest BCUT2D eigenvalue weighted by Crippen LogP contribution is 2.79. The van der Waals surface area contributed by atoms with Crippen LogP contribution in [0.25, 0.3) is 0 Å². The molecule has 1 atom stereocenters. The third kappa shape index (κ3) is 1.83. The first-order chi connectivity index (χ1) is 13.4. The predicted molar refractivity (Wildman–Crippen MR) is 98.2 cm³/mol. The van der Waals surface area contributed by atoms with Gasteiger partial charge in [-0.15, -0.1) is 0 Å². The van der Waals surface area contributed by atoms with E-state index >= 15 is 0 Å². The highest BCUT2D eigenvalue weighted by atomic mass is 35.5. The van der Waals surface area contributed by atoms with Gasteiger partial charge in [0, 0.05) is 22.1 Å². The van der Waals surface area contributed by atoms with Gasteiger partial charge in [-0.1, -0.05) is 54.1 Å². The standard InChI is InChI=1S/C21H15ClO6/c1-27-18(25)21(19(26)28-2)15(13-9-5-6-10-14(13)22)20(21)16(23)11-7-3-4-8-12(11)17(20)24/h3-10,15H,1-2H3/t15-/m0/s1. The summed E-state index contributed by atoms with van der Waals surface area (Å²) in [5.74, 6) is -4.33. The van der Waals surface area contributed by atoms with Crippen LogP contribution in [0.1, 0.15) is 32.2 Å². The number of halogens is 1. The third-order valence-electron chi connectivity index (χ3n) is 5.77. The Bertz CT molecular complexity index is 1010. The number of ketones is 2. The number of hydrogen-bond acceptors (Lipinski definition) is 6. The van der Waals surface area contributed by atoms with Crippen molar-refractivity contribution in [1.82, 2.24) is 0 Å². The molecule has 1 fully saturated rings. The lowest BCUT2D eigenvalue weighted by Gasteiger charge is -2.15. The summed E-state index contributed by atoms with van der Waals surface area (Å²) in [5.41, 5.74) is -3.43. The van der Waals surface area contributed by atoms with Gasteiger partial charge in [-0.2, -0.15) is 0 Å². The highest BCUT2D eigenvalue weighted by Gasteiger charge is 2.94. The monoisotopic (exact) mass is 398 g/mol. The van der Waals surface area contributed by atoms with Gasteiger partial charge in [0.25, 0.3) is 0 Å². The van der Waals surface area contributed by atoms with Crippen molar-refractivity contribution in [1.29, 1.82) is 0 Å². The van der Waals surface area contributed by atoms with E-state index in [-0.39, 0.29) is 16.1 Å². The molecule has 2 aliphatic carbocycles. The van der Waals surface area contributed by atoms with Crippen molar-refractivity contribution in [2.75, 3.05) is 14.2 Å². The van der Waals surface area contributed by atoms with Crippen molar-refractivity contribution >= 4 is 35.1 Å². The van der Waals surface area contributed by atoms with E-state index in [0.717, 1.165) is 14.2 Å². The van der Waals surface area contributed by atoms with Crippen molar-refractivity contribution in [3.63, 3.8) is 0 Å². The molecule has 142 valence electrons. The molecule has 0 unspecified atom stereocenters. The zero-order valence-corrected chi connectivity index (χ0v) is 15.8. The molecule has 6 nitrogen and oxygen atoms in total. The lowest BCUT2D eigenvalue weighted by Crippen LogP contribution is -2.39. The second-order valence-corrected chi connectivity index (χ2v) is 7.16. The fraction of sp³-hybridized carbons (Fsp3) is 0.238. The van der Waals surface area contributed by atoms with Gasteiger partial charge in [-0.3, -0.25) is 19.2 Å². The number of methoxy groups -OCH3 is 2. The van der Waals surface area contributed by atoms with E-state index in [0.29, 0.717) is 5.56 Å². The Morgan fingerprint density at radius 3 is 1.79 bits per heavy atom. The molecule has 7 heteroatoms. The minimum absolute atomic E-state index is 0.166. The lowest BCUT2D eigenvalue weighted by atomic mass is 9.87. The molecule has 0 saturated heterocycles. The van der Waals surface area contributed by atoms with Crippen LogP contribution in [0, 0.1) is 10.8 Å². The van der Waals surface area contributed by atoms with E-state index in [1.165, 1.54) is 12.1 Å². The quantitative estimate of drug-likeness (QED) is 0.583. The highest BCUT2D eigenvalue weighted by molar-refractivity contribution is 6.39. The largest absolute Gasteiger partial charge is 0.468 e. The summed E-state index contributed by atoms with van der Waals surface area (Å²) < 4.78 is 9.77. The molecule has 2 aliphatic rings. The first-order valence-corrected chi connectivity index (χ1v) is 8.88. The van der Waals surface area contributed by atoms with Crippen molar-refractivity contribution in [3.05, 3.63) is 70.2 Å². The minimum atomic E-state index is -2.13. The number of esters is 2. The Labute approximate surface area is 165 Å². The van der Waals surface area contributed by atoms with E-state index in [1.807, 2.05) is 0 Å². The second-order valence-electron chi connectivity index (χ2n) is 6.76. The molecule has 0 amide bonds.